The molecule has 0 heterocycles. The van der Waals surface area contributed by atoms with Crippen molar-refractivity contribution in [3.8, 4) is 0 Å². The highest BCUT2D eigenvalue weighted by Crippen LogP contribution is 2.06. The lowest BCUT2D eigenvalue weighted by atomic mass is 10.1. The third kappa shape index (κ3) is 1.58. The van der Waals surface area contributed by atoms with Crippen molar-refractivity contribution in [2.24, 2.45) is 0 Å². The van der Waals surface area contributed by atoms with E-state index >= 15 is 0 Å². The van der Waals surface area contributed by atoms with Crippen molar-refractivity contribution in [2.45, 2.75) is 6.61 Å². The normalized spacial score (nSPS) is 9.80. The van der Waals surface area contributed by atoms with Gasteiger partial charge in [0.25, 0.3) is 0 Å². The van der Waals surface area contributed by atoms with E-state index in [4.69, 9.17) is 4.74 Å². The SMILES string of the molecule is [CH2]c1ccccc1COC. The zero-order chi connectivity index (χ0) is 7.40. The Bertz CT molecular complexity index is 206. The maximum atomic E-state index is 4.97. The molecular formula is C9H11O. The summed E-state index contributed by atoms with van der Waals surface area (Å²) in [4.78, 5) is 0. The van der Waals surface area contributed by atoms with E-state index in [0.717, 1.165) is 11.1 Å². The summed E-state index contributed by atoms with van der Waals surface area (Å²) in [5.74, 6) is 0. The minimum atomic E-state index is 0.652. The molecule has 0 fully saturated rings. The fraction of sp³-hybridized carbons (Fsp3) is 0.222. The van der Waals surface area contributed by atoms with Gasteiger partial charge < -0.3 is 4.74 Å². The van der Waals surface area contributed by atoms with Crippen molar-refractivity contribution >= 4 is 0 Å². The molecule has 53 valence electrons. The van der Waals surface area contributed by atoms with E-state index in [1.807, 2.05) is 24.3 Å². The Morgan fingerprint density at radius 1 is 1.40 bits per heavy atom. The summed E-state index contributed by atoms with van der Waals surface area (Å²) in [6.45, 7) is 4.51. The van der Waals surface area contributed by atoms with Crippen LogP contribution in [0.5, 0.6) is 0 Å². The van der Waals surface area contributed by atoms with Gasteiger partial charge in [-0.25, -0.2) is 0 Å². The maximum absolute atomic E-state index is 4.97. The minimum absolute atomic E-state index is 0.652. The molecule has 0 aliphatic rings. The van der Waals surface area contributed by atoms with Crippen LogP contribution in [0.2, 0.25) is 0 Å². The third-order valence-electron chi connectivity index (χ3n) is 1.42. The summed E-state index contributed by atoms with van der Waals surface area (Å²) in [6, 6.07) is 7.96. The fourth-order valence-corrected chi connectivity index (χ4v) is 0.854. The first-order valence-corrected chi connectivity index (χ1v) is 3.23. The van der Waals surface area contributed by atoms with Crippen LogP contribution in [-0.2, 0) is 11.3 Å². The van der Waals surface area contributed by atoms with Gasteiger partial charge in [0.15, 0.2) is 0 Å². The zero-order valence-corrected chi connectivity index (χ0v) is 6.13. The Hall–Kier alpha value is -0.820. The molecule has 1 nitrogen and oxygen atoms in total. The maximum Gasteiger partial charge on any atom is 0.0715 e. The van der Waals surface area contributed by atoms with Crippen LogP contribution < -0.4 is 0 Å². The van der Waals surface area contributed by atoms with Crippen LogP contribution in [-0.4, -0.2) is 7.11 Å². The van der Waals surface area contributed by atoms with Crippen LogP contribution in [0.15, 0.2) is 24.3 Å². The molecule has 1 heteroatoms. The van der Waals surface area contributed by atoms with Gasteiger partial charge >= 0.3 is 0 Å². The van der Waals surface area contributed by atoms with Gasteiger partial charge in [-0.05, 0) is 18.1 Å². The number of hydrogen-bond acceptors (Lipinski definition) is 1. The van der Waals surface area contributed by atoms with E-state index in [1.54, 1.807) is 7.11 Å². The Labute approximate surface area is 61.6 Å². The highest BCUT2D eigenvalue weighted by molar-refractivity contribution is 5.28. The number of methoxy groups -OCH3 is 1. The van der Waals surface area contributed by atoms with Crippen LogP contribution in [0.25, 0.3) is 0 Å². The van der Waals surface area contributed by atoms with Crippen molar-refractivity contribution in [1.82, 2.24) is 0 Å². The standard InChI is InChI=1S/C9H11O/c1-8-5-3-4-6-9(8)7-10-2/h3-6H,1,7H2,2H3. The quantitative estimate of drug-likeness (QED) is 0.602. The molecule has 0 amide bonds. The first-order valence-electron chi connectivity index (χ1n) is 3.23. The molecule has 0 saturated carbocycles. The van der Waals surface area contributed by atoms with Gasteiger partial charge in [-0.15, -0.1) is 0 Å². The van der Waals surface area contributed by atoms with E-state index in [-0.39, 0.29) is 0 Å². The Balaban J connectivity index is 2.81. The highest BCUT2D eigenvalue weighted by Gasteiger charge is 1.92. The lowest BCUT2D eigenvalue weighted by Gasteiger charge is -2.01. The van der Waals surface area contributed by atoms with Crippen LogP contribution in [0, 0.1) is 6.92 Å². The smallest absolute Gasteiger partial charge is 0.0715 e. The molecule has 0 atom stereocenters. The van der Waals surface area contributed by atoms with Crippen LogP contribution in [0.1, 0.15) is 11.1 Å². The molecule has 0 saturated heterocycles. The van der Waals surface area contributed by atoms with Gasteiger partial charge in [0.2, 0.25) is 0 Å². The topological polar surface area (TPSA) is 9.23 Å². The Morgan fingerprint density at radius 3 is 2.70 bits per heavy atom. The molecule has 0 aliphatic carbocycles. The molecule has 0 spiro atoms. The van der Waals surface area contributed by atoms with Crippen molar-refractivity contribution in [3.63, 3.8) is 0 Å². The second-order valence-electron chi connectivity index (χ2n) is 2.20. The minimum Gasteiger partial charge on any atom is -0.380 e. The highest BCUT2D eigenvalue weighted by atomic mass is 16.5. The molecule has 0 aromatic heterocycles. The summed E-state index contributed by atoms with van der Waals surface area (Å²) in [5, 5.41) is 0. The summed E-state index contributed by atoms with van der Waals surface area (Å²) in [7, 11) is 1.69. The summed E-state index contributed by atoms with van der Waals surface area (Å²) < 4.78 is 4.97. The first-order chi connectivity index (χ1) is 4.84. The van der Waals surface area contributed by atoms with E-state index in [0.29, 0.717) is 6.61 Å². The van der Waals surface area contributed by atoms with Gasteiger partial charge in [0.05, 0.1) is 6.61 Å². The van der Waals surface area contributed by atoms with Gasteiger partial charge in [-0.2, -0.15) is 0 Å². The Kier molecular flexibility index (Phi) is 2.46. The van der Waals surface area contributed by atoms with Crippen molar-refractivity contribution in [3.05, 3.63) is 42.3 Å². The summed E-state index contributed by atoms with van der Waals surface area (Å²) in [6.07, 6.45) is 0. The number of benzene rings is 1. The lowest BCUT2D eigenvalue weighted by Crippen LogP contribution is -1.89. The molecule has 1 rings (SSSR count). The van der Waals surface area contributed by atoms with Crippen LogP contribution in [0.4, 0.5) is 0 Å². The molecule has 10 heavy (non-hydrogen) atoms. The van der Waals surface area contributed by atoms with E-state index in [9.17, 15) is 0 Å². The molecule has 1 radical (unpaired) electrons. The molecule has 0 unspecified atom stereocenters. The summed E-state index contributed by atoms with van der Waals surface area (Å²) >= 11 is 0. The van der Waals surface area contributed by atoms with Gasteiger partial charge in [0, 0.05) is 7.11 Å². The number of ether oxygens (including phenoxy) is 1. The summed E-state index contributed by atoms with van der Waals surface area (Å²) in [5.41, 5.74) is 2.20. The van der Waals surface area contributed by atoms with Crippen molar-refractivity contribution in [2.75, 3.05) is 7.11 Å². The fourth-order valence-electron chi connectivity index (χ4n) is 0.854. The zero-order valence-electron chi connectivity index (χ0n) is 6.13. The second-order valence-corrected chi connectivity index (χ2v) is 2.20. The monoisotopic (exact) mass is 135 g/mol. The van der Waals surface area contributed by atoms with Gasteiger partial charge in [0.1, 0.15) is 0 Å². The first kappa shape index (κ1) is 7.29. The number of rotatable bonds is 2. The van der Waals surface area contributed by atoms with Crippen molar-refractivity contribution in [1.29, 1.82) is 0 Å². The number of hydrogen-bond donors (Lipinski definition) is 0. The van der Waals surface area contributed by atoms with Crippen molar-refractivity contribution < 1.29 is 4.74 Å². The molecule has 0 N–H and O–H groups in total. The van der Waals surface area contributed by atoms with Gasteiger partial charge in [-0.1, -0.05) is 24.3 Å². The van der Waals surface area contributed by atoms with Gasteiger partial charge in [-0.3, -0.25) is 0 Å². The molecule has 0 bridgehead atoms. The van der Waals surface area contributed by atoms with E-state index < -0.39 is 0 Å². The van der Waals surface area contributed by atoms with Crippen LogP contribution >= 0.6 is 0 Å². The molecule has 0 aliphatic heterocycles. The average Bonchev–Trinajstić information content (AvgIpc) is 1.94. The average molecular weight is 135 g/mol. The predicted octanol–water partition coefficient (Wildman–Crippen LogP) is 2.02. The molecule has 1 aromatic rings. The van der Waals surface area contributed by atoms with Crippen LogP contribution in [0.3, 0.4) is 0 Å². The third-order valence-corrected chi connectivity index (χ3v) is 1.42. The predicted molar refractivity (Wildman–Crippen MR) is 41.6 cm³/mol. The molecule has 1 aromatic carbocycles. The largest absolute Gasteiger partial charge is 0.380 e. The molecular weight excluding hydrogens is 124 g/mol. The Morgan fingerprint density at radius 2 is 2.10 bits per heavy atom. The van der Waals surface area contributed by atoms with E-state index in [1.165, 1.54) is 0 Å². The second kappa shape index (κ2) is 3.37. The lowest BCUT2D eigenvalue weighted by molar-refractivity contribution is 0.184. The van der Waals surface area contributed by atoms with E-state index in [2.05, 4.69) is 6.92 Å².